The molecule has 0 saturated heterocycles. The van der Waals surface area contributed by atoms with Crippen LogP contribution in [0.3, 0.4) is 0 Å². The number of nitrogens with two attached hydrogens (primary N) is 1. The second kappa shape index (κ2) is 6.16. The lowest BCUT2D eigenvalue weighted by Gasteiger charge is -2.10. The van der Waals surface area contributed by atoms with Gasteiger partial charge in [-0.2, -0.15) is 0 Å². The molecule has 0 saturated carbocycles. The maximum Gasteiger partial charge on any atom is 0.238 e. The molecule has 0 unspecified atom stereocenters. The Kier molecular flexibility index (Phi) is 4.21. The molecule has 0 amide bonds. The predicted octanol–water partition coefficient (Wildman–Crippen LogP) is 3.15. The lowest BCUT2D eigenvalue weighted by Crippen LogP contribution is -2.12. The van der Waals surface area contributed by atoms with E-state index in [2.05, 4.69) is 10.3 Å². The standard InChI is InChI=1S/C16H14ClN3O2S/c17-12-3-6-14-15(7-8-19-16(14)9-12)20-10-11-1-4-13(5-2-11)23(18,21)22/h1-9H,10H2,(H,19,20)(H2,18,21,22). The highest BCUT2D eigenvalue weighted by molar-refractivity contribution is 7.89. The number of fused-ring (bicyclic) bond motifs is 1. The molecule has 1 aromatic heterocycles. The number of primary sulfonamides is 1. The smallest absolute Gasteiger partial charge is 0.238 e. The zero-order chi connectivity index (χ0) is 16.4. The fourth-order valence-electron chi connectivity index (χ4n) is 2.27. The SMILES string of the molecule is NS(=O)(=O)c1ccc(CNc2ccnc3cc(Cl)ccc23)cc1. The predicted molar refractivity (Wildman–Crippen MR) is 91.9 cm³/mol. The van der Waals surface area contributed by atoms with Crippen LogP contribution in [0.4, 0.5) is 5.69 Å². The van der Waals surface area contributed by atoms with Gasteiger partial charge in [0, 0.05) is 28.8 Å². The van der Waals surface area contributed by atoms with Gasteiger partial charge in [0.25, 0.3) is 0 Å². The van der Waals surface area contributed by atoms with Crippen LogP contribution in [0.25, 0.3) is 10.9 Å². The summed E-state index contributed by atoms with van der Waals surface area (Å²) in [4.78, 5) is 4.39. The van der Waals surface area contributed by atoms with E-state index in [1.165, 1.54) is 12.1 Å². The lowest BCUT2D eigenvalue weighted by atomic mass is 10.1. The fraction of sp³-hybridized carbons (Fsp3) is 0.0625. The maximum atomic E-state index is 11.2. The van der Waals surface area contributed by atoms with Gasteiger partial charge in [-0.15, -0.1) is 0 Å². The third kappa shape index (κ3) is 3.61. The highest BCUT2D eigenvalue weighted by Crippen LogP contribution is 2.24. The van der Waals surface area contributed by atoms with Crippen molar-refractivity contribution >= 4 is 38.2 Å². The largest absolute Gasteiger partial charge is 0.380 e. The van der Waals surface area contributed by atoms with Crippen LogP contribution < -0.4 is 10.5 Å². The van der Waals surface area contributed by atoms with Crippen molar-refractivity contribution in [1.29, 1.82) is 0 Å². The third-order valence-corrected chi connectivity index (χ3v) is 4.60. The highest BCUT2D eigenvalue weighted by atomic mass is 35.5. The Bertz CT molecular complexity index is 957. The topological polar surface area (TPSA) is 85.1 Å². The Morgan fingerprint density at radius 3 is 2.52 bits per heavy atom. The molecule has 0 aliphatic rings. The number of nitrogens with one attached hydrogen (secondary N) is 1. The van der Waals surface area contributed by atoms with Gasteiger partial charge in [-0.1, -0.05) is 23.7 Å². The summed E-state index contributed by atoms with van der Waals surface area (Å²) in [6.07, 6.45) is 1.71. The van der Waals surface area contributed by atoms with E-state index in [4.69, 9.17) is 16.7 Å². The molecular formula is C16H14ClN3O2S. The van der Waals surface area contributed by atoms with Crippen molar-refractivity contribution in [2.24, 2.45) is 5.14 Å². The monoisotopic (exact) mass is 347 g/mol. The number of sulfonamides is 1. The fourth-order valence-corrected chi connectivity index (χ4v) is 2.95. The Morgan fingerprint density at radius 2 is 1.83 bits per heavy atom. The summed E-state index contributed by atoms with van der Waals surface area (Å²) < 4.78 is 22.5. The number of rotatable bonds is 4. The maximum absolute atomic E-state index is 11.2. The molecule has 5 nitrogen and oxygen atoms in total. The van der Waals surface area contributed by atoms with Gasteiger partial charge in [0.15, 0.2) is 0 Å². The Balaban J connectivity index is 1.81. The summed E-state index contributed by atoms with van der Waals surface area (Å²) in [6, 6.07) is 13.9. The van der Waals surface area contributed by atoms with Crippen molar-refractivity contribution in [3.8, 4) is 0 Å². The summed E-state index contributed by atoms with van der Waals surface area (Å²) in [5.41, 5.74) is 2.69. The van der Waals surface area contributed by atoms with Crippen LogP contribution >= 0.6 is 11.6 Å². The van der Waals surface area contributed by atoms with Crippen molar-refractivity contribution in [3.05, 3.63) is 65.3 Å². The van der Waals surface area contributed by atoms with Gasteiger partial charge in [-0.05, 0) is 42.0 Å². The summed E-state index contributed by atoms with van der Waals surface area (Å²) in [5, 5.41) is 10.0. The first-order chi connectivity index (χ1) is 10.9. The van der Waals surface area contributed by atoms with Crippen molar-refractivity contribution in [1.82, 2.24) is 4.98 Å². The quantitative estimate of drug-likeness (QED) is 0.759. The molecule has 3 rings (SSSR count). The average molecular weight is 348 g/mol. The number of anilines is 1. The van der Waals surface area contributed by atoms with Crippen molar-refractivity contribution in [3.63, 3.8) is 0 Å². The van der Waals surface area contributed by atoms with Crippen LogP contribution in [0, 0.1) is 0 Å². The lowest BCUT2D eigenvalue weighted by molar-refractivity contribution is 0.598. The first kappa shape index (κ1) is 15.7. The van der Waals surface area contributed by atoms with Crippen LogP contribution in [0.2, 0.25) is 5.02 Å². The molecule has 3 aromatic rings. The van der Waals surface area contributed by atoms with Crippen molar-refractivity contribution in [2.75, 3.05) is 5.32 Å². The molecule has 0 radical (unpaired) electrons. The summed E-state index contributed by atoms with van der Waals surface area (Å²) in [7, 11) is -3.66. The van der Waals surface area contributed by atoms with Crippen LogP contribution in [-0.4, -0.2) is 13.4 Å². The number of nitrogens with zero attached hydrogens (tertiary/aromatic N) is 1. The number of aromatic nitrogens is 1. The third-order valence-electron chi connectivity index (χ3n) is 3.44. The van der Waals surface area contributed by atoms with E-state index in [-0.39, 0.29) is 4.90 Å². The summed E-state index contributed by atoms with van der Waals surface area (Å²) >= 11 is 5.98. The molecule has 0 fully saturated rings. The second-order valence-corrected chi connectivity index (χ2v) is 7.06. The number of benzene rings is 2. The highest BCUT2D eigenvalue weighted by Gasteiger charge is 2.07. The molecule has 0 bridgehead atoms. The minimum Gasteiger partial charge on any atom is -0.380 e. The molecule has 0 aliphatic carbocycles. The summed E-state index contributed by atoms with van der Waals surface area (Å²) in [6.45, 7) is 0.548. The minimum absolute atomic E-state index is 0.102. The van der Waals surface area contributed by atoms with Crippen LogP contribution in [0.1, 0.15) is 5.56 Å². The second-order valence-electron chi connectivity index (χ2n) is 5.06. The molecule has 0 aliphatic heterocycles. The van der Waals surface area contributed by atoms with Gasteiger partial charge in [0.1, 0.15) is 0 Å². The Labute approximate surface area is 139 Å². The van der Waals surface area contributed by atoms with E-state index in [9.17, 15) is 8.42 Å². The molecule has 2 aromatic carbocycles. The molecule has 1 heterocycles. The van der Waals surface area contributed by atoms with Crippen LogP contribution in [-0.2, 0) is 16.6 Å². The Hall–Kier alpha value is -2.15. The molecule has 23 heavy (non-hydrogen) atoms. The van der Waals surface area contributed by atoms with Gasteiger partial charge in [0.05, 0.1) is 10.4 Å². The van der Waals surface area contributed by atoms with Crippen LogP contribution in [0.5, 0.6) is 0 Å². The van der Waals surface area contributed by atoms with Crippen LogP contribution in [0.15, 0.2) is 59.6 Å². The van der Waals surface area contributed by atoms with E-state index in [1.54, 1.807) is 18.3 Å². The Morgan fingerprint density at radius 1 is 1.09 bits per heavy atom. The van der Waals surface area contributed by atoms with E-state index in [1.807, 2.05) is 24.3 Å². The van der Waals surface area contributed by atoms with E-state index in [0.29, 0.717) is 11.6 Å². The molecule has 0 atom stereocenters. The number of halogens is 1. The van der Waals surface area contributed by atoms with Gasteiger partial charge in [0.2, 0.25) is 10.0 Å². The normalized spacial score (nSPS) is 11.6. The number of hydrogen-bond donors (Lipinski definition) is 2. The summed E-state index contributed by atoms with van der Waals surface area (Å²) in [5.74, 6) is 0. The zero-order valence-corrected chi connectivity index (χ0v) is 13.6. The molecule has 3 N–H and O–H groups in total. The first-order valence-electron chi connectivity index (χ1n) is 6.83. The molecule has 118 valence electrons. The van der Waals surface area contributed by atoms with Gasteiger partial charge in [-0.3, -0.25) is 4.98 Å². The minimum atomic E-state index is -3.66. The number of hydrogen-bond acceptors (Lipinski definition) is 4. The number of pyridine rings is 1. The van der Waals surface area contributed by atoms with E-state index in [0.717, 1.165) is 22.2 Å². The van der Waals surface area contributed by atoms with Crippen molar-refractivity contribution in [2.45, 2.75) is 11.4 Å². The molecule has 7 heteroatoms. The van der Waals surface area contributed by atoms with Crippen molar-refractivity contribution < 1.29 is 8.42 Å². The van der Waals surface area contributed by atoms with E-state index < -0.39 is 10.0 Å². The average Bonchev–Trinajstić information content (AvgIpc) is 2.52. The van der Waals surface area contributed by atoms with E-state index >= 15 is 0 Å². The van der Waals surface area contributed by atoms with Gasteiger partial charge < -0.3 is 5.32 Å². The molecular weight excluding hydrogens is 334 g/mol. The van der Waals surface area contributed by atoms with Gasteiger partial charge >= 0.3 is 0 Å². The molecule has 0 spiro atoms. The first-order valence-corrected chi connectivity index (χ1v) is 8.76. The zero-order valence-electron chi connectivity index (χ0n) is 12.0. The van der Waals surface area contributed by atoms with Gasteiger partial charge in [-0.25, -0.2) is 13.6 Å².